The zero-order valence-corrected chi connectivity index (χ0v) is 14.3. The molecule has 0 saturated carbocycles. The Morgan fingerprint density at radius 3 is 2.92 bits per heavy atom. The van der Waals surface area contributed by atoms with Crippen LogP contribution in [0.4, 0.5) is 0 Å². The van der Waals surface area contributed by atoms with Crippen LogP contribution in [0.15, 0.2) is 47.6 Å². The molecule has 0 aromatic heterocycles. The lowest BCUT2D eigenvalue weighted by molar-refractivity contribution is -0.123. The molecule has 124 valence electrons. The second-order valence-corrected chi connectivity index (χ2v) is 6.21. The SMILES string of the molecule is Cc1cc(OCC(=O)NN=C2CCCc3ccccc32)ccc1Cl. The number of hydrogen-bond donors (Lipinski definition) is 1. The van der Waals surface area contributed by atoms with Crippen molar-refractivity contribution in [1.82, 2.24) is 5.43 Å². The first-order valence-corrected chi connectivity index (χ1v) is 8.34. The van der Waals surface area contributed by atoms with Crippen LogP contribution in [0.25, 0.3) is 0 Å². The van der Waals surface area contributed by atoms with Crippen molar-refractivity contribution in [3.8, 4) is 5.75 Å². The lowest BCUT2D eigenvalue weighted by Crippen LogP contribution is -2.27. The van der Waals surface area contributed by atoms with Gasteiger partial charge < -0.3 is 4.74 Å². The lowest BCUT2D eigenvalue weighted by atomic mass is 9.90. The number of nitrogens with one attached hydrogen (secondary N) is 1. The van der Waals surface area contributed by atoms with E-state index in [1.165, 1.54) is 5.56 Å². The third-order valence-corrected chi connectivity index (χ3v) is 4.43. The number of hydrazone groups is 1. The zero-order valence-electron chi connectivity index (χ0n) is 13.5. The first-order valence-electron chi connectivity index (χ1n) is 7.96. The summed E-state index contributed by atoms with van der Waals surface area (Å²) in [6.07, 6.45) is 2.98. The van der Waals surface area contributed by atoms with E-state index < -0.39 is 0 Å². The minimum Gasteiger partial charge on any atom is -0.484 e. The third kappa shape index (κ3) is 3.95. The molecule has 0 fully saturated rings. The van der Waals surface area contributed by atoms with E-state index >= 15 is 0 Å². The summed E-state index contributed by atoms with van der Waals surface area (Å²) in [5, 5.41) is 4.96. The number of halogens is 1. The molecule has 5 heteroatoms. The Morgan fingerprint density at radius 2 is 2.08 bits per heavy atom. The standard InChI is InChI=1S/C19H19ClN2O2/c1-13-11-15(9-10-17(13)20)24-12-19(23)22-21-18-8-4-6-14-5-2-3-7-16(14)18/h2-3,5,7,9-11H,4,6,8,12H2,1H3,(H,22,23). The van der Waals surface area contributed by atoms with Gasteiger partial charge >= 0.3 is 0 Å². The zero-order chi connectivity index (χ0) is 16.9. The fourth-order valence-corrected chi connectivity index (χ4v) is 2.85. The molecule has 0 heterocycles. The van der Waals surface area contributed by atoms with Crippen molar-refractivity contribution < 1.29 is 9.53 Å². The normalized spacial score (nSPS) is 15.0. The van der Waals surface area contributed by atoms with E-state index in [2.05, 4.69) is 16.6 Å². The smallest absolute Gasteiger partial charge is 0.277 e. The van der Waals surface area contributed by atoms with Crippen molar-refractivity contribution in [3.05, 3.63) is 64.2 Å². The summed E-state index contributed by atoms with van der Waals surface area (Å²) in [5.41, 5.74) is 6.83. The summed E-state index contributed by atoms with van der Waals surface area (Å²) in [6, 6.07) is 13.5. The summed E-state index contributed by atoms with van der Waals surface area (Å²) in [6.45, 7) is 1.81. The van der Waals surface area contributed by atoms with E-state index in [9.17, 15) is 4.79 Å². The van der Waals surface area contributed by atoms with Crippen LogP contribution < -0.4 is 10.2 Å². The maximum atomic E-state index is 12.0. The molecule has 0 atom stereocenters. The fourth-order valence-electron chi connectivity index (χ4n) is 2.73. The van der Waals surface area contributed by atoms with Gasteiger partial charge in [0, 0.05) is 10.6 Å². The van der Waals surface area contributed by atoms with Gasteiger partial charge in [-0.25, -0.2) is 5.43 Å². The van der Waals surface area contributed by atoms with Gasteiger partial charge in [0.05, 0.1) is 5.71 Å². The lowest BCUT2D eigenvalue weighted by Gasteiger charge is -2.17. The second kappa shape index (κ2) is 7.49. The van der Waals surface area contributed by atoms with Crippen LogP contribution in [0.3, 0.4) is 0 Å². The number of carbonyl (C=O) groups excluding carboxylic acids is 1. The average Bonchev–Trinajstić information content (AvgIpc) is 2.61. The van der Waals surface area contributed by atoms with E-state index in [4.69, 9.17) is 16.3 Å². The fraction of sp³-hybridized carbons (Fsp3) is 0.263. The molecule has 0 radical (unpaired) electrons. The number of aryl methyl sites for hydroxylation is 2. The molecule has 3 rings (SSSR count). The number of hydrogen-bond acceptors (Lipinski definition) is 3. The van der Waals surface area contributed by atoms with Gasteiger partial charge in [-0.1, -0.05) is 35.9 Å². The first-order chi connectivity index (χ1) is 11.6. The number of carbonyl (C=O) groups is 1. The van der Waals surface area contributed by atoms with Crippen LogP contribution in [0.2, 0.25) is 5.02 Å². The van der Waals surface area contributed by atoms with Crippen LogP contribution in [-0.2, 0) is 11.2 Å². The van der Waals surface area contributed by atoms with Crippen LogP contribution in [0.1, 0.15) is 29.5 Å². The monoisotopic (exact) mass is 342 g/mol. The van der Waals surface area contributed by atoms with Gasteiger partial charge in [0.25, 0.3) is 5.91 Å². The van der Waals surface area contributed by atoms with E-state index in [0.29, 0.717) is 10.8 Å². The van der Waals surface area contributed by atoms with Crippen molar-refractivity contribution in [2.45, 2.75) is 26.2 Å². The maximum Gasteiger partial charge on any atom is 0.277 e. The molecule has 0 bridgehead atoms. The average molecular weight is 343 g/mol. The highest BCUT2D eigenvalue weighted by Gasteiger charge is 2.15. The Hall–Kier alpha value is -2.33. The molecular formula is C19H19ClN2O2. The molecule has 0 saturated heterocycles. The predicted molar refractivity (Wildman–Crippen MR) is 95.7 cm³/mol. The summed E-state index contributed by atoms with van der Waals surface area (Å²) in [5.74, 6) is 0.334. The molecule has 1 amide bonds. The first kappa shape index (κ1) is 16.5. The van der Waals surface area contributed by atoms with Crippen molar-refractivity contribution in [3.63, 3.8) is 0 Å². The van der Waals surface area contributed by atoms with Crippen LogP contribution >= 0.6 is 11.6 Å². The van der Waals surface area contributed by atoms with Crippen molar-refractivity contribution in [1.29, 1.82) is 0 Å². The second-order valence-electron chi connectivity index (χ2n) is 5.80. The summed E-state index contributed by atoms with van der Waals surface area (Å²) >= 11 is 5.97. The van der Waals surface area contributed by atoms with E-state index in [1.54, 1.807) is 18.2 Å². The number of fused-ring (bicyclic) bond motifs is 1. The molecule has 2 aromatic rings. The number of amides is 1. The summed E-state index contributed by atoms with van der Waals surface area (Å²) in [7, 11) is 0. The molecule has 2 aromatic carbocycles. The minimum absolute atomic E-state index is 0.0838. The molecule has 1 aliphatic carbocycles. The molecule has 0 spiro atoms. The van der Waals surface area contributed by atoms with Crippen LogP contribution in [-0.4, -0.2) is 18.2 Å². The van der Waals surface area contributed by atoms with Gasteiger partial charge in [-0.05, 0) is 55.5 Å². The Labute approximate surface area is 146 Å². The number of ether oxygens (including phenoxy) is 1. The third-order valence-electron chi connectivity index (χ3n) is 4.00. The number of nitrogens with zero attached hydrogens (tertiary/aromatic N) is 1. The molecule has 0 unspecified atom stereocenters. The van der Waals surface area contributed by atoms with Crippen molar-refractivity contribution in [2.75, 3.05) is 6.61 Å². The van der Waals surface area contributed by atoms with Crippen LogP contribution in [0, 0.1) is 6.92 Å². The van der Waals surface area contributed by atoms with Gasteiger partial charge in [0.2, 0.25) is 0 Å². The van der Waals surface area contributed by atoms with Crippen molar-refractivity contribution >= 4 is 23.2 Å². The Morgan fingerprint density at radius 1 is 1.25 bits per heavy atom. The molecule has 1 N–H and O–H groups in total. The van der Waals surface area contributed by atoms with E-state index in [0.717, 1.165) is 36.1 Å². The van der Waals surface area contributed by atoms with E-state index in [-0.39, 0.29) is 12.5 Å². The van der Waals surface area contributed by atoms with Gasteiger partial charge in [-0.15, -0.1) is 0 Å². The van der Waals surface area contributed by atoms with Crippen molar-refractivity contribution in [2.24, 2.45) is 5.10 Å². The van der Waals surface area contributed by atoms with Gasteiger partial charge in [0.15, 0.2) is 6.61 Å². The summed E-state index contributed by atoms with van der Waals surface area (Å²) in [4.78, 5) is 12.0. The molecule has 0 aliphatic heterocycles. The van der Waals surface area contributed by atoms with Crippen LogP contribution in [0.5, 0.6) is 5.75 Å². The molecule has 4 nitrogen and oxygen atoms in total. The van der Waals surface area contributed by atoms with E-state index in [1.807, 2.05) is 25.1 Å². The molecular weight excluding hydrogens is 324 g/mol. The minimum atomic E-state index is -0.279. The maximum absolute atomic E-state index is 12.0. The topological polar surface area (TPSA) is 50.7 Å². The quantitative estimate of drug-likeness (QED) is 0.857. The Kier molecular flexibility index (Phi) is 5.16. The van der Waals surface area contributed by atoms with Gasteiger partial charge in [-0.2, -0.15) is 5.10 Å². The highest BCUT2D eigenvalue weighted by atomic mass is 35.5. The van der Waals surface area contributed by atoms with Gasteiger partial charge in [-0.3, -0.25) is 4.79 Å². The highest BCUT2D eigenvalue weighted by Crippen LogP contribution is 2.22. The molecule has 24 heavy (non-hydrogen) atoms. The largest absolute Gasteiger partial charge is 0.484 e. The molecule has 1 aliphatic rings. The predicted octanol–water partition coefficient (Wildman–Crippen LogP) is 3.88. The number of benzene rings is 2. The van der Waals surface area contributed by atoms with Gasteiger partial charge in [0.1, 0.15) is 5.75 Å². The Bertz CT molecular complexity index is 787. The number of rotatable bonds is 4. The summed E-state index contributed by atoms with van der Waals surface area (Å²) < 4.78 is 5.47. The Balaban J connectivity index is 1.59. The highest BCUT2D eigenvalue weighted by molar-refractivity contribution is 6.31.